The molecule has 0 aliphatic rings. The molecule has 1 aromatic heterocycles. The molecular weight excluding hydrogens is 519 g/mol. The summed E-state index contributed by atoms with van der Waals surface area (Å²) in [7, 11) is 0. The fourth-order valence-electron chi connectivity index (χ4n) is 2.83. The van der Waals surface area contributed by atoms with E-state index in [4.69, 9.17) is 27.9 Å². The normalized spacial score (nSPS) is 11.4. The Kier molecular flexibility index (Phi) is 8.03. The highest BCUT2D eigenvalue weighted by atomic mass is 79.9. The minimum absolute atomic E-state index is 0.0771. The number of hydrogen-bond donors (Lipinski definition) is 1. The highest BCUT2D eigenvalue weighted by molar-refractivity contribution is 9.10. The summed E-state index contributed by atoms with van der Waals surface area (Å²) in [6, 6.07) is 11.4. The van der Waals surface area contributed by atoms with Crippen molar-refractivity contribution in [2.24, 2.45) is 0 Å². The van der Waals surface area contributed by atoms with Gasteiger partial charge in [-0.3, -0.25) is 4.79 Å². The van der Waals surface area contributed by atoms with Crippen molar-refractivity contribution < 1.29 is 9.53 Å². The van der Waals surface area contributed by atoms with E-state index < -0.39 is 0 Å². The van der Waals surface area contributed by atoms with Crippen molar-refractivity contribution in [3.8, 4) is 17.0 Å². The highest BCUT2D eigenvalue weighted by Gasteiger charge is 2.15. The quantitative estimate of drug-likeness (QED) is 0.308. The van der Waals surface area contributed by atoms with E-state index in [1.165, 1.54) is 16.9 Å². The molecule has 0 saturated carbocycles. The average molecular weight is 542 g/mol. The molecule has 31 heavy (non-hydrogen) atoms. The molecule has 0 saturated heterocycles. The van der Waals surface area contributed by atoms with Gasteiger partial charge in [-0.25, -0.2) is 4.98 Å². The summed E-state index contributed by atoms with van der Waals surface area (Å²) in [5.74, 6) is 0.673. The van der Waals surface area contributed by atoms with Crippen molar-refractivity contribution in [3.63, 3.8) is 0 Å². The topological polar surface area (TPSA) is 51.2 Å². The molecule has 1 amide bonds. The maximum absolute atomic E-state index is 12.3. The Balaban J connectivity index is 1.47. The van der Waals surface area contributed by atoms with Gasteiger partial charge in [-0.2, -0.15) is 0 Å². The molecule has 1 N–H and O–H groups in total. The molecule has 3 aromatic rings. The second-order valence-corrected chi connectivity index (χ2v) is 10.6. The molecule has 0 bridgehead atoms. The number of benzene rings is 2. The molecule has 0 aliphatic heterocycles. The van der Waals surface area contributed by atoms with Gasteiger partial charge in [0.2, 0.25) is 5.91 Å². The number of thiazole rings is 1. The van der Waals surface area contributed by atoms with Gasteiger partial charge < -0.3 is 10.1 Å². The molecule has 0 aliphatic carbocycles. The molecule has 0 spiro atoms. The van der Waals surface area contributed by atoms with Crippen LogP contribution in [0.3, 0.4) is 0 Å². The summed E-state index contributed by atoms with van der Waals surface area (Å²) in [6.07, 6.45) is 0.939. The van der Waals surface area contributed by atoms with Crippen LogP contribution in [-0.2, 0) is 10.2 Å². The van der Waals surface area contributed by atoms with E-state index in [2.05, 4.69) is 59.1 Å². The second kappa shape index (κ2) is 10.3. The van der Waals surface area contributed by atoms with E-state index >= 15 is 0 Å². The van der Waals surface area contributed by atoms with E-state index in [-0.39, 0.29) is 11.3 Å². The third kappa shape index (κ3) is 6.69. The third-order valence-corrected chi connectivity index (χ3v) is 6.49. The molecule has 3 rings (SSSR count). The van der Waals surface area contributed by atoms with E-state index in [1.807, 2.05) is 17.5 Å². The van der Waals surface area contributed by atoms with E-state index in [9.17, 15) is 4.79 Å². The molecule has 164 valence electrons. The minimum Gasteiger partial charge on any atom is -0.492 e. The largest absolute Gasteiger partial charge is 0.492 e. The molecule has 0 radical (unpaired) electrons. The number of carbonyl (C=O) groups excluding carboxylic acids is 1. The smallest absolute Gasteiger partial charge is 0.226 e. The van der Waals surface area contributed by atoms with Crippen molar-refractivity contribution in [3.05, 3.63) is 61.9 Å². The van der Waals surface area contributed by atoms with Crippen LogP contribution >= 0.6 is 50.5 Å². The Hall–Kier alpha value is -1.60. The van der Waals surface area contributed by atoms with Crippen LogP contribution in [0.25, 0.3) is 11.3 Å². The lowest BCUT2D eigenvalue weighted by atomic mass is 9.87. The maximum atomic E-state index is 12.3. The van der Waals surface area contributed by atoms with Crippen LogP contribution in [0, 0.1) is 0 Å². The van der Waals surface area contributed by atoms with Crippen LogP contribution in [0.1, 0.15) is 39.2 Å². The molecule has 8 heteroatoms. The number of nitrogens with one attached hydrogen (secondary N) is 1. The SMILES string of the molecule is CC(C)(C)c1ccc(OCCCC(=O)Nc2nc(-c3ccc(Cl)cc3Cl)cs2)c(Br)c1. The van der Waals surface area contributed by atoms with Gasteiger partial charge >= 0.3 is 0 Å². The zero-order valence-electron chi connectivity index (χ0n) is 17.5. The Morgan fingerprint density at radius 3 is 2.65 bits per heavy atom. The number of ether oxygens (including phenoxy) is 1. The zero-order chi connectivity index (χ0) is 22.6. The number of amides is 1. The lowest BCUT2D eigenvalue weighted by Gasteiger charge is -2.20. The number of rotatable bonds is 7. The van der Waals surface area contributed by atoms with Crippen molar-refractivity contribution in [1.29, 1.82) is 0 Å². The molecule has 1 heterocycles. The van der Waals surface area contributed by atoms with Crippen LogP contribution in [0.4, 0.5) is 5.13 Å². The van der Waals surface area contributed by atoms with Crippen molar-refractivity contribution >= 4 is 61.5 Å². The molecular formula is C23H23BrCl2N2O2S. The van der Waals surface area contributed by atoms with E-state index in [1.54, 1.807) is 12.1 Å². The Bertz CT molecular complexity index is 1080. The predicted molar refractivity (Wildman–Crippen MR) is 134 cm³/mol. The second-order valence-electron chi connectivity index (χ2n) is 8.06. The fourth-order valence-corrected chi connectivity index (χ4v) is 4.56. The first-order valence-corrected chi connectivity index (χ1v) is 12.2. The van der Waals surface area contributed by atoms with E-state index in [0.29, 0.717) is 40.3 Å². The standard InChI is InChI=1S/C23H23BrCl2N2O2S/c1-23(2,3)14-6-9-20(17(24)11-14)30-10-4-5-21(29)28-22-27-19(13-31-22)16-8-7-15(25)12-18(16)26/h6-9,11-13H,4-5,10H2,1-3H3,(H,27,28,29). The first kappa shape index (κ1) is 24.1. The Morgan fingerprint density at radius 1 is 1.19 bits per heavy atom. The first-order valence-electron chi connectivity index (χ1n) is 9.77. The van der Waals surface area contributed by atoms with Gasteiger partial charge in [0.25, 0.3) is 0 Å². The van der Waals surface area contributed by atoms with E-state index in [0.717, 1.165) is 15.8 Å². The van der Waals surface area contributed by atoms with Crippen molar-refractivity contribution in [2.75, 3.05) is 11.9 Å². The number of carbonyl (C=O) groups is 1. The highest BCUT2D eigenvalue weighted by Crippen LogP contribution is 2.33. The third-order valence-electron chi connectivity index (χ3n) is 4.56. The molecule has 0 fully saturated rings. The van der Waals surface area contributed by atoms with Crippen LogP contribution in [0.5, 0.6) is 5.75 Å². The number of hydrogen-bond acceptors (Lipinski definition) is 4. The maximum Gasteiger partial charge on any atom is 0.226 e. The predicted octanol–water partition coefficient (Wildman–Crippen LogP) is 7.97. The van der Waals surface area contributed by atoms with Crippen LogP contribution < -0.4 is 10.1 Å². The van der Waals surface area contributed by atoms with Crippen molar-refractivity contribution in [2.45, 2.75) is 39.0 Å². The van der Waals surface area contributed by atoms with Crippen LogP contribution in [-0.4, -0.2) is 17.5 Å². The molecule has 2 aromatic carbocycles. The van der Waals surface area contributed by atoms with Gasteiger partial charge in [-0.15, -0.1) is 11.3 Å². The number of aromatic nitrogens is 1. The van der Waals surface area contributed by atoms with Gasteiger partial charge in [0.15, 0.2) is 5.13 Å². The monoisotopic (exact) mass is 540 g/mol. The molecule has 0 atom stereocenters. The fraction of sp³-hybridized carbons (Fsp3) is 0.304. The Morgan fingerprint density at radius 2 is 1.97 bits per heavy atom. The average Bonchev–Trinajstić information content (AvgIpc) is 3.13. The number of halogens is 3. The Labute approximate surface area is 205 Å². The summed E-state index contributed by atoms with van der Waals surface area (Å²) >= 11 is 17.1. The molecule has 0 unspecified atom stereocenters. The summed E-state index contributed by atoms with van der Waals surface area (Å²) in [4.78, 5) is 16.7. The van der Waals surface area contributed by atoms with Gasteiger partial charge in [0, 0.05) is 22.4 Å². The zero-order valence-corrected chi connectivity index (χ0v) is 21.4. The van der Waals surface area contributed by atoms with Gasteiger partial charge in [-0.1, -0.05) is 50.0 Å². The van der Waals surface area contributed by atoms with Crippen LogP contribution in [0.15, 0.2) is 46.3 Å². The van der Waals surface area contributed by atoms with Gasteiger partial charge in [0.1, 0.15) is 5.75 Å². The lowest BCUT2D eigenvalue weighted by Crippen LogP contribution is -2.13. The molecule has 4 nitrogen and oxygen atoms in total. The number of nitrogens with zero attached hydrogens (tertiary/aromatic N) is 1. The van der Waals surface area contributed by atoms with Gasteiger partial charge in [0.05, 0.1) is 21.8 Å². The van der Waals surface area contributed by atoms with Crippen molar-refractivity contribution in [1.82, 2.24) is 4.98 Å². The summed E-state index contributed by atoms with van der Waals surface area (Å²) in [6.45, 7) is 6.96. The number of anilines is 1. The first-order chi connectivity index (χ1) is 14.6. The summed E-state index contributed by atoms with van der Waals surface area (Å²) in [5.41, 5.74) is 2.79. The lowest BCUT2D eigenvalue weighted by molar-refractivity contribution is -0.116. The van der Waals surface area contributed by atoms with Gasteiger partial charge in [-0.05, 0) is 63.7 Å². The summed E-state index contributed by atoms with van der Waals surface area (Å²) < 4.78 is 6.74. The van der Waals surface area contributed by atoms with Crippen LogP contribution in [0.2, 0.25) is 10.0 Å². The minimum atomic E-state index is -0.103. The summed E-state index contributed by atoms with van der Waals surface area (Å²) in [5, 5.41) is 6.31.